The normalized spacial score (nSPS) is 23.8. The fraction of sp³-hybridized carbons (Fsp3) is 0.556. The molecule has 0 amide bonds. The maximum atomic E-state index is 6.09. The lowest BCUT2D eigenvalue weighted by molar-refractivity contribution is 0.0955. The van der Waals surface area contributed by atoms with E-state index in [2.05, 4.69) is 44.3 Å². The summed E-state index contributed by atoms with van der Waals surface area (Å²) in [6.45, 7) is 8.34. The van der Waals surface area contributed by atoms with Gasteiger partial charge in [0.1, 0.15) is 11.3 Å². The van der Waals surface area contributed by atoms with Gasteiger partial charge in [-0.3, -0.25) is 0 Å². The first kappa shape index (κ1) is 14.6. The maximum absolute atomic E-state index is 6.09. The Bertz CT molecular complexity index is 604. The van der Waals surface area contributed by atoms with Gasteiger partial charge in [-0.1, -0.05) is 32.0 Å². The molecule has 3 heteroatoms. The van der Waals surface area contributed by atoms with Crippen LogP contribution in [0.15, 0.2) is 28.7 Å². The number of furan rings is 1. The molecule has 1 N–H and O–H groups in total. The van der Waals surface area contributed by atoms with Crippen molar-refractivity contribution in [1.29, 1.82) is 0 Å². The van der Waals surface area contributed by atoms with Gasteiger partial charge in [-0.15, -0.1) is 0 Å². The lowest BCUT2D eigenvalue weighted by Crippen LogP contribution is -2.32. The van der Waals surface area contributed by atoms with E-state index in [0.717, 1.165) is 37.3 Å². The second-order valence-corrected chi connectivity index (χ2v) is 5.85. The smallest absolute Gasteiger partial charge is 0.134 e. The van der Waals surface area contributed by atoms with Crippen molar-refractivity contribution < 1.29 is 9.15 Å². The third-order valence-corrected chi connectivity index (χ3v) is 4.63. The minimum absolute atomic E-state index is 0.299. The van der Waals surface area contributed by atoms with Crippen LogP contribution in [0.5, 0.6) is 0 Å². The van der Waals surface area contributed by atoms with Crippen molar-refractivity contribution in [2.75, 3.05) is 13.2 Å². The van der Waals surface area contributed by atoms with Gasteiger partial charge in [0.25, 0.3) is 0 Å². The number of fused-ring (bicyclic) bond motifs is 1. The highest BCUT2D eigenvalue weighted by Crippen LogP contribution is 2.39. The molecule has 1 aromatic heterocycles. The van der Waals surface area contributed by atoms with Gasteiger partial charge in [0, 0.05) is 35.9 Å². The minimum atomic E-state index is 0.299. The molecule has 1 aromatic carbocycles. The molecule has 3 rings (SSSR count). The molecule has 2 aromatic rings. The van der Waals surface area contributed by atoms with Gasteiger partial charge in [0.05, 0.1) is 6.10 Å². The number of aryl methyl sites for hydroxylation is 1. The van der Waals surface area contributed by atoms with Gasteiger partial charge in [0.15, 0.2) is 0 Å². The number of rotatable bonds is 5. The first-order valence-electron chi connectivity index (χ1n) is 8.11. The number of ether oxygens (including phenoxy) is 1. The Hall–Kier alpha value is -1.32. The van der Waals surface area contributed by atoms with Crippen LogP contribution in [0.1, 0.15) is 44.6 Å². The third kappa shape index (κ3) is 2.60. The molecule has 114 valence electrons. The number of para-hydroxylation sites is 1. The second-order valence-electron chi connectivity index (χ2n) is 5.85. The van der Waals surface area contributed by atoms with Crippen LogP contribution in [0.3, 0.4) is 0 Å². The van der Waals surface area contributed by atoms with E-state index in [-0.39, 0.29) is 0 Å². The molecule has 3 unspecified atom stereocenters. The monoisotopic (exact) mass is 287 g/mol. The van der Waals surface area contributed by atoms with E-state index < -0.39 is 0 Å². The predicted molar refractivity (Wildman–Crippen MR) is 85.5 cm³/mol. The van der Waals surface area contributed by atoms with E-state index in [1.165, 1.54) is 10.9 Å². The lowest BCUT2D eigenvalue weighted by atomic mass is 9.86. The average Bonchev–Trinajstić information content (AvgIpc) is 3.08. The van der Waals surface area contributed by atoms with Crippen molar-refractivity contribution in [1.82, 2.24) is 5.32 Å². The van der Waals surface area contributed by atoms with Crippen molar-refractivity contribution in [2.45, 2.75) is 45.8 Å². The van der Waals surface area contributed by atoms with Crippen molar-refractivity contribution in [3.63, 3.8) is 0 Å². The molecule has 21 heavy (non-hydrogen) atoms. The lowest BCUT2D eigenvalue weighted by Gasteiger charge is -2.27. The Balaban J connectivity index is 2.09. The summed E-state index contributed by atoms with van der Waals surface area (Å²) in [5, 5.41) is 4.93. The van der Waals surface area contributed by atoms with Gasteiger partial charge < -0.3 is 14.5 Å². The fourth-order valence-corrected chi connectivity index (χ4v) is 3.59. The van der Waals surface area contributed by atoms with Crippen molar-refractivity contribution in [3.05, 3.63) is 35.6 Å². The number of hydrogen-bond donors (Lipinski definition) is 1. The Kier molecular flexibility index (Phi) is 4.32. The highest BCUT2D eigenvalue weighted by molar-refractivity contribution is 5.82. The van der Waals surface area contributed by atoms with Gasteiger partial charge in [0.2, 0.25) is 0 Å². The van der Waals surface area contributed by atoms with Crippen LogP contribution in [0, 0.1) is 5.92 Å². The molecule has 0 spiro atoms. The number of nitrogens with one attached hydrogen (secondary N) is 1. The molecular formula is C18H25NO2. The quantitative estimate of drug-likeness (QED) is 0.900. The van der Waals surface area contributed by atoms with E-state index in [9.17, 15) is 0 Å². The standard InChI is InChI=1S/C18H25NO2/c1-4-15-17(14-8-6-7-9-16(14)21-15)18(19-5-2)13-10-11-20-12(13)3/h6-9,12-13,18-19H,4-5,10-11H2,1-3H3. The van der Waals surface area contributed by atoms with Crippen LogP contribution < -0.4 is 5.32 Å². The number of hydrogen-bond acceptors (Lipinski definition) is 3. The van der Waals surface area contributed by atoms with E-state index in [1.54, 1.807) is 0 Å². The van der Waals surface area contributed by atoms with Gasteiger partial charge in [-0.2, -0.15) is 0 Å². The molecule has 0 bridgehead atoms. The van der Waals surface area contributed by atoms with Crippen LogP contribution in [-0.2, 0) is 11.2 Å². The molecule has 3 nitrogen and oxygen atoms in total. The SMILES string of the molecule is CCNC(c1c(CC)oc2ccccc12)C1CCOC1C. The number of benzene rings is 1. The molecule has 2 heterocycles. The second kappa shape index (κ2) is 6.20. The van der Waals surface area contributed by atoms with Crippen LogP contribution in [-0.4, -0.2) is 19.3 Å². The largest absolute Gasteiger partial charge is 0.461 e. The van der Waals surface area contributed by atoms with Crippen molar-refractivity contribution >= 4 is 11.0 Å². The fourth-order valence-electron chi connectivity index (χ4n) is 3.59. The Morgan fingerprint density at radius 1 is 1.29 bits per heavy atom. The summed E-state index contributed by atoms with van der Waals surface area (Å²) in [6.07, 6.45) is 2.34. The molecule has 0 aliphatic carbocycles. The molecule has 1 saturated heterocycles. The van der Waals surface area contributed by atoms with Crippen molar-refractivity contribution in [2.24, 2.45) is 5.92 Å². The summed E-state index contributed by atoms with van der Waals surface area (Å²) in [6, 6.07) is 8.69. The summed E-state index contributed by atoms with van der Waals surface area (Å²) in [4.78, 5) is 0. The molecular weight excluding hydrogens is 262 g/mol. The van der Waals surface area contributed by atoms with Gasteiger partial charge in [-0.05, 0) is 26.0 Å². The first-order chi connectivity index (χ1) is 10.3. The molecule has 1 aliphatic heterocycles. The summed E-state index contributed by atoms with van der Waals surface area (Å²) >= 11 is 0. The van der Waals surface area contributed by atoms with Crippen molar-refractivity contribution in [3.8, 4) is 0 Å². The summed E-state index contributed by atoms with van der Waals surface area (Å²) < 4.78 is 11.9. The molecule has 0 radical (unpaired) electrons. The summed E-state index contributed by atoms with van der Waals surface area (Å²) in [5.74, 6) is 1.62. The van der Waals surface area contributed by atoms with Crippen LogP contribution >= 0.6 is 0 Å². The summed E-state index contributed by atoms with van der Waals surface area (Å²) in [7, 11) is 0. The average molecular weight is 287 g/mol. The minimum Gasteiger partial charge on any atom is -0.461 e. The van der Waals surface area contributed by atoms with Crippen LogP contribution in [0.25, 0.3) is 11.0 Å². The van der Waals surface area contributed by atoms with E-state index in [0.29, 0.717) is 18.1 Å². The summed E-state index contributed by atoms with van der Waals surface area (Å²) in [5.41, 5.74) is 2.34. The van der Waals surface area contributed by atoms with E-state index in [4.69, 9.17) is 9.15 Å². The van der Waals surface area contributed by atoms with E-state index in [1.807, 2.05) is 6.07 Å². The Morgan fingerprint density at radius 3 is 2.76 bits per heavy atom. The van der Waals surface area contributed by atoms with Gasteiger partial charge in [-0.25, -0.2) is 0 Å². The van der Waals surface area contributed by atoms with Crippen LogP contribution in [0.2, 0.25) is 0 Å². The van der Waals surface area contributed by atoms with Crippen LogP contribution in [0.4, 0.5) is 0 Å². The topological polar surface area (TPSA) is 34.4 Å². The molecule has 1 fully saturated rings. The predicted octanol–water partition coefficient (Wildman–Crippen LogP) is 4.07. The van der Waals surface area contributed by atoms with E-state index >= 15 is 0 Å². The maximum Gasteiger partial charge on any atom is 0.134 e. The zero-order valence-electron chi connectivity index (χ0n) is 13.2. The molecule has 1 aliphatic rings. The first-order valence-corrected chi connectivity index (χ1v) is 8.11. The zero-order chi connectivity index (χ0) is 14.8. The highest BCUT2D eigenvalue weighted by atomic mass is 16.5. The Labute approximate surface area is 126 Å². The van der Waals surface area contributed by atoms with Gasteiger partial charge >= 0.3 is 0 Å². The third-order valence-electron chi connectivity index (χ3n) is 4.63. The zero-order valence-corrected chi connectivity index (χ0v) is 13.2. The molecule has 3 atom stereocenters. The molecule has 0 saturated carbocycles. The highest BCUT2D eigenvalue weighted by Gasteiger charge is 2.35. The Morgan fingerprint density at radius 2 is 2.10 bits per heavy atom.